The summed E-state index contributed by atoms with van der Waals surface area (Å²) in [4.78, 5) is 12.5. The molecule has 0 aliphatic heterocycles. The van der Waals surface area contributed by atoms with Gasteiger partial charge in [0.15, 0.2) is 0 Å². The first-order valence-corrected chi connectivity index (χ1v) is 8.40. The molecule has 126 valence electrons. The van der Waals surface area contributed by atoms with Crippen molar-refractivity contribution < 1.29 is 14.6 Å². The van der Waals surface area contributed by atoms with Crippen LogP contribution in [0.2, 0.25) is 0 Å². The smallest absolute Gasteiger partial charge is 0.309 e. The van der Waals surface area contributed by atoms with Gasteiger partial charge in [0.05, 0.1) is 6.42 Å². The zero-order valence-corrected chi connectivity index (χ0v) is 14.5. The monoisotopic (exact) mass is 324 g/mol. The second-order valence-electron chi connectivity index (χ2n) is 7.44. The Kier molecular flexibility index (Phi) is 4.22. The Bertz CT molecular complexity index is 708. The molecule has 0 aromatic heterocycles. The topological polar surface area (TPSA) is 46.5 Å². The molecule has 3 rings (SSSR count). The van der Waals surface area contributed by atoms with Crippen LogP contribution in [0.25, 0.3) is 0 Å². The van der Waals surface area contributed by atoms with Gasteiger partial charge in [-0.15, -0.1) is 0 Å². The number of hydrogen-bond donors (Lipinski definition) is 1. The minimum absolute atomic E-state index is 0.0850. The van der Waals surface area contributed by atoms with Crippen molar-refractivity contribution >= 4 is 5.97 Å². The zero-order valence-electron chi connectivity index (χ0n) is 14.5. The largest absolute Gasteiger partial charge is 0.460 e. The molecule has 0 saturated heterocycles. The van der Waals surface area contributed by atoms with Gasteiger partial charge in [-0.3, -0.25) is 4.79 Å². The minimum atomic E-state index is -1.36. The van der Waals surface area contributed by atoms with E-state index in [1.165, 1.54) is 0 Å². The molecule has 0 heterocycles. The summed E-state index contributed by atoms with van der Waals surface area (Å²) < 4.78 is 5.48. The number of carbonyl (C=O) groups excluding carboxylic acids is 1. The fourth-order valence-corrected chi connectivity index (χ4v) is 3.47. The molecule has 0 spiro atoms. The van der Waals surface area contributed by atoms with E-state index in [4.69, 9.17) is 4.74 Å². The molecule has 3 heteroatoms. The Morgan fingerprint density at radius 1 is 1.00 bits per heavy atom. The Morgan fingerprint density at radius 2 is 1.46 bits per heavy atom. The molecule has 0 fully saturated rings. The van der Waals surface area contributed by atoms with Crippen molar-refractivity contribution in [1.29, 1.82) is 0 Å². The summed E-state index contributed by atoms with van der Waals surface area (Å²) in [6.07, 6.45) is 1.62. The van der Waals surface area contributed by atoms with E-state index in [9.17, 15) is 9.90 Å². The van der Waals surface area contributed by atoms with Crippen LogP contribution in [0.4, 0.5) is 0 Å². The Labute approximate surface area is 143 Å². The third kappa shape index (κ3) is 3.22. The quantitative estimate of drug-likeness (QED) is 0.856. The predicted molar refractivity (Wildman–Crippen MR) is 93.8 cm³/mol. The van der Waals surface area contributed by atoms with Crippen molar-refractivity contribution in [1.82, 2.24) is 0 Å². The molecule has 0 radical (unpaired) electrons. The van der Waals surface area contributed by atoms with Crippen LogP contribution in [0.5, 0.6) is 0 Å². The first kappa shape index (κ1) is 16.7. The Morgan fingerprint density at radius 3 is 1.92 bits per heavy atom. The molecule has 0 unspecified atom stereocenters. The summed E-state index contributed by atoms with van der Waals surface area (Å²) >= 11 is 0. The van der Waals surface area contributed by atoms with E-state index >= 15 is 0 Å². The van der Waals surface area contributed by atoms with Gasteiger partial charge in [-0.25, -0.2) is 0 Å². The summed E-state index contributed by atoms with van der Waals surface area (Å²) in [7, 11) is 0. The van der Waals surface area contributed by atoms with E-state index in [1.54, 1.807) is 0 Å². The molecule has 2 aromatic rings. The summed E-state index contributed by atoms with van der Waals surface area (Å²) in [5, 5.41) is 11.6. The molecule has 24 heavy (non-hydrogen) atoms. The van der Waals surface area contributed by atoms with Crippen LogP contribution < -0.4 is 0 Å². The van der Waals surface area contributed by atoms with Crippen LogP contribution >= 0.6 is 0 Å². The lowest BCUT2D eigenvalue weighted by molar-refractivity contribution is -0.159. The highest BCUT2D eigenvalue weighted by molar-refractivity contribution is 5.73. The summed E-state index contributed by atoms with van der Waals surface area (Å²) in [5.41, 5.74) is 1.85. The van der Waals surface area contributed by atoms with Gasteiger partial charge in [-0.05, 0) is 55.9 Å². The molecule has 1 aliphatic rings. The van der Waals surface area contributed by atoms with E-state index < -0.39 is 17.2 Å². The normalized spacial score (nSPS) is 15.8. The maximum Gasteiger partial charge on any atom is 0.309 e. The predicted octanol–water partition coefficient (Wildman–Crippen LogP) is 3.75. The summed E-state index contributed by atoms with van der Waals surface area (Å²) in [6.45, 7) is 5.51. The number of aryl methyl sites for hydroxylation is 2. The average Bonchev–Trinajstić information content (AvgIpc) is 2.62. The van der Waals surface area contributed by atoms with Gasteiger partial charge >= 0.3 is 5.97 Å². The minimum Gasteiger partial charge on any atom is -0.460 e. The van der Waals surface area contributed by atoms with Gasteiger partial charge < -0.3 is 9.84 Å². The van der Waals surface area contributed by atoms with Crippen molar-refractivity contribution in [2.24, 2.45) is 0 Å². The van der Waals surface area contributed by atoms with Crippen molar-refractivity contribution in [3.8, 4) is 0 Å². The lowest BCUT2D eigenvalue weighted by Gasteiger charge is -2.31. The number of aliphatic hydroxyl groups is 1. The molecule has 0 bridgehead atoms. The van der Waals surface area contributed by atoms with Crippen LogP contribution in [-0.4, -0.2) is 16.7 Å². The third-order valence-electron chi connectivity index (χ3n) is 4.41. The van der Waals surface area contributed by atoms with Crippen LogP contribution in [0.1, 0.15) is 49.4 Å². The lowest BCUT2D eigenvalue weighted by atomic mass is 9.81. The molecule has 1 N–H and O–H groups in total. The maximum atomic E-state index is 12.5. The zero-order chi connectivity index (χ0) is 17.4. The third-order valence-corrected chi connectivity index (χ3v) is 4.41. The number of hydrogen-bond acceptors (Lipinski definition) is 3. The molecule has 1 aliphatic carbocycles. The highest BCUT2D eigenvalue weighted by Crippen LogP contribution is 2.40. The van der Waals surface area contributed by atoms with Gasteiger partial charge in [-0.1, -0.05) is 48.5 Å². The average molecular weight is 324 g/mol. The van der Waals surface area contributed by atoms with E-state index in [0.29, 0.717) is 0 Å². The number of fused-ring (bicyclic) bond motifs is 2. The number of carbonyl (C=O) groups is 1. The van der Waals surface area contributed by atoms with Crippen molar-refractivity contribution in [2.45, 2.75) is 51.2 Å². The van der Waals surface area contributed by atoms with Crippen LogP contribution in [0.3, 0.4) is 0 Å². The van der Waals surface area contributed by atoms with Crippen LogP contribution in [-0.2, 0) is 28.0 Å². The summed E-state index contributed by atoms with van der Waals surface area (Å²) in [6, 6.07) is 15.7. The summed E-state index contributed by atoms with van der Waals surface area (Å²) in [5.74, 6) is -0.392. The molecule has 3 nitrogen and oxygen atoms in total. The van der Waals surface area contributed by atoms with Gasteiger partial charge in [0, 0.05) is 0 Å². The van der Waals surface area contributed by atoms with Gasteiger partial charge in [-0.2, -0.15) is 0 Å². The van der Waals surface area contributed by atoms with Crippen LogP contribution in [0.15, 0.2) is 48.5 Å². The van der Waals surface area contributed by atoms with E-state index in [2.05, 4.69) is 0 Å². The van der Waals surface area contributed by atoms with Gasteiger partial charge in [0.2, 0.25) is 0 Å². The SMILES string of the molecule is CC(C)(C)OC(=O)CC1(O)c2ccccc2CCc2ccccc21. The molecular formula is C21H24O3. The van der Waals surface area contributed by atoms with Crippen molar-refractivity contribution in [2.75, 3.05) is 0 Å². The van der Waals surface area contributed by atoms with Crippen LogP contribution in [0, 0.1) is 0 Å². The molecule has 0 amide bonds. The van der Waals surface area contributed by atoms with Crippen molar-refractivity contribution in [3.05, 3.63) is 70.8 Å². The first-order valence-electron chi connectivity index (χ1n) is 8.40. The molecule has 0 atom stereocenters. The van der Waals surface area contributed by atoms with Gasteiger partial charge in [0.25, 0.3) is 0 Å². The highest BCUT2D eigenvalue weighted by Gasteiger charge is 2.40. The second kappa shape index (κ2) is 6.06. The maximum absolute atomic E-state index is 12.5. The first-order chi connectivity index (χ1) is 11.3. The Balaban J connectivity index is 2.09. The molecular weight excluding hydrogens is 300 g/mol. The van der Waals surface area contributed by atoms with Crippen molar-refractivity contribution in [3.63, 3.8) is 0 Å². The number of rotatable bonds is 2. The lowest BCUT2D eigenvalue weighted by Crippen LogP contribution is -2.35. The number of esters is 1. The fourth-order valence-electron chi connectivity index (χ4n) is 3.47. The van der Waals surface area contributed by atoms with E-state index in [0.717, 1.165) is 35.1 Å². The number of ether oxygens (including phenoxy) is 1. The van der Waals surface area contributed by atoms with Gasteiger partial charge in [0.1, 0.15) is 11.2 Å². The Hall–Kier alpha value is -2.13. The molecule has 0 saturated carbocycles. The van der Waals surface area contributed by atoms with E-state index in [-0.39, 0.29) is 6.42 Å². The fraction of sp³-hybridized carbons (Fsp3) is 0.381. The highest BCUT2D eigenvalue weighted by atomic mass is 16.6. The second-order valence-corrected chi connectivity index (χ2v) is 7.44. The standard InChI is InChI=1S/C21H24O3/c1-20(2,3)24-19(22)14-21(23)17-10-6-4-8-15(17)12-13-16-9-5-7-11-18(16)21/h4-11,23H,12-14H2,1-3H3. The van der Waals surface area contributed by atoms with E-state index in [1.807, 2.05) is 69.3 Å². The number of benzene rings is 2. The molecule has 2 aromatic carbocycles.